The van der Waals surface area contributed by atoms with Crippen molar-refractivity contribution in [2.45, 2.75) is 400 Å². The van der Waals surface area contributed by atoms with Crippen molar-refractivity contribution in [3.05, 3.63) is 0 Å². The van der Waals surface area contributed by atoms with Crippen molar-refractivity contribution in [3.8, 4) is 0 Å². The van der Waals surface area contributed by atoms with E-state index < -0.39 is 6.10 Å². The van der Waals surface area contributed by atoms with Crippen molar-refractivity contribution in [2.75, 3.05) is 13.2 Å². The highest BCUT2D eigenvalue weighted by Gasteiger charge is 2.20. The summed E-state index contributed by atoms with van der Waals surface area (Å²) in [5.74, 6) is 0.928. The molecule has 0 saturated heterocycles. The van der Waals surface area contributed by atoms with Gasteiger partial charge in [0.2, 0.25) is 0 Å². The second-order valence-corrected chi connectivity index (χ2v) is 24.5. The summed E-state index contributed by atoms with van der Waals surface area (Å²) in [6.07, 6.45) is 69.6. The zero-order valence-corrected chi connectivity index (χ0v) is 51.7. The Hall–Kier alpha value is -1.59. The number of carbonyl (C=O) groups excluding carboxylic acids is 3. The maximum Gasteiger partial charge on any atom is 0.306 e. The highest BCUT2D eigenvalue weighted by Crippen LogP contribution is 2.20. The molecule has 0 heterocycles. The number of hydrogen-bond donors (Lipinski definition) is 0. The molecule has 0 aromatic heterocycles. The van der Waals surface area contributed by atoms with E-state index in [-0.39, 0.29) is 31.1 Å². The molecule has 0 amide bonds. The van der Waals surface area contributed by atoms with Crippen molar-refractivity contribution >= 4 is 17.9 Å². The third-order valence-corrected chi connectivity index (χ3v) is 16.3. The van der Waals surface area contributed by atoms with Gasteiger partial charge in [0.1, 0.15) is 13.2 Å². The first-order valence-corrected chi connectivity index (χ1v) is 34.3. The van der Waals surface area contributed by atoms with Crippen LogP contribution in [0.3, 0.4) is 0 Å². The third-order valence-electron chi connectivity index (χ3n) is 16.3. The summed E-state index contributed by atoms with van der Waals surface area (Å²) in [6.45, 7) is 11.5. The molecule has 75 heavy (non-hydrogen) atoms. The summed E-state index contributed by atoms with van der Waals surface area (Å²) < 4.78 is 17.0. The Labute approximate surface area is 469 Å². The van der Waals surface area contributed by atoms with Crippen LogP contribution in [0.5, 0.6) is 0 Å². The summed E-state index contributed by atoms with van der Waals surface area (Å²) in [5, 5.41) is 0. The maximum absolute atomic E-state index is 12.9. The van der Waals surface area contributed by atoms with E-state index in [0.29, 0.717) is 19.3 Å². The van der Waals surface area contributed by atoms with Crippen LogP contribution in [-0.4, -0.2) is 37.2 Å². The fraction of sp³-hybridized carbons (Fsp3) is 0.957. The standard InChI is InChI=1S/C69H134O6/c1-6-8-9-10-11-12-13-14-15-16-20-23-29-34-39-44-49-54-59-67(70)73-62-66(63-74-68(71)60-55-50-45-40-35-30-26-25-27-32-37-42-47-52-57-64(3)4)75-69(72)61-56-51-46-41-36-31-24-21-18-17-19-22-28-33-38-43-48-53-58-65(5)7-2/h64-66H,6-63H2,1-5H3/t65?,66-/m1/s1. The molecule has 0 rings (SSSR count). The number of ether oxygens (including phenoxy) is 3. The van der Waals surface area contributed by atoms with E-state index in [1.165, 1.54) is 283 Å². The first kappa shape index (κ1) is 73.4. The summed E-state index contributed by atoms with van der Waals surface area (Å²) in [6, 6.07) is 0. The molecule has 0 fully saturated rings. The third kappa shape index (κ3) is 61.5. The van der Waals surface area contributed by atoms with Crippen LogP contribution in [0, 0.1) is 11.8 Å². The first-order chi connectivity index (χ1) is 36.8. The summed E-state index contributed by atoms with van der Waals surface area (Å²) in [7, 11) is 0. The van der Waals surface area contributed by atoms with Crippen molar-refractivity contribution in [1.82, 2.24) is 0 Å². The highest BCUT2D eigenvalue weighted by atomic mass is 16.6. The molecule has 0 aliphatic heterocycles. The number of hydrogen-bond acceptors (Lipinski definition) is 6. The van der Waals surface area contributed by atoms with Crippen LogP contribution >= 0.6 is 0 Å². The molecule has 0 aromatic carbocycles. The molecule has 0 N–H and O–H groups in total. The molecule has 0 aliphatic rings. The van der Waals surface area contributed by atoms with Crippen LogP contribution < -0.4 is 0 Å². The Kier molecular flexibility index (Phi) is 60.3. The Morgan fingerprint density at radius 1 is 0.280 bits per heavy atom. The van der Waals surface area contributed by atoms with Crippen LogP contribution in [-0.2, 0) is 28.6 Å². The minimum Gasteiger partial charge on any atom is -0.462 e. The van der Waals surface area contributed by atoms with E-state index in [2.05, 4.69) is 34.6 Å². The average molecular weight is 1060 g/mol. The zero-order valence-electron chi connectivity index (χ0n) is 51.7. The smallest absolute Gasteiger partial charge is 0.306 e. The molecular weight excluding hydrogens is 925 g/mol. The van der Waals surface area contributed by atoms with E-state index >= 15 is 0 Å². The van der Waals surface area contributed by atoms with E-state index in [0.717, 1.165) is 69.6 Å². The van der Waals surface area contributed by atoms with E-state index in [9.17, 15) is 14.4 Å². The molecule has 0 aromatic rings. The lowest BCUT2D eigenvalue weighted by Crippen LogP contribution is -2.30. The van der Waals surface area contributed by atoms with Crippen molar-refractivity contribution < 1.29 is 28.6 Å². The summed E-state index contributed by atoms with van der Waals surface area (Å²) >= 11 is 0. The lowest BCUT2D eigenvalue weighted by Gasteiger charge is -2.18. The van der Waals surface area contributed by atoms with Crippen molar-refractivity contribution in [3.63, 3.8) is 0 Å². The molecule has 6 heteroatoms. The van der Waals surface area contributed by atoms with Gasteiger partial charge in [0.15, 0.2) is 6.10 Å². The lowest BCUT2D eigenvalue weighted by atomic mass is 9.99. The van der Waals surface area contributed by atoms with Gasteiger partial charge in [-0.3, -0.25) is 14.4 Å². The highest BCUT2D eigenvalue weighted by molar-refractivity contribution is 5.71. The lowest BCUT2D eigenvalue weighted by molar-refractivity contribution is -0.167. The molecule has 1 unspecified atom stereocenters. The Morgan fingerprint density at radius 2 is 0.507 bits per heavy atom. The summed E-state index contributed by atoms with van der Waals surface area (Å²) in [5.41, 5.74) is 0. The quantitative estimate of drug-likeness (QED) is 0.0343. The van der Waals surface area contributed by atoms with Gasteiger partial charge in [-0.25, -0.2) is 0 Å². The largest absolute Gasteiger partial charge is 0.462 e. The van der Waals surface area contributed by atoms with Gasteiger partial charge in [-0.15, -0.1) is 0 Å². The maximum atomic E-state index is 12.9. The van der Waals surface area contributed by atoms with E-state index in [1.807, 2.05) is 0 Å². The van der Waals surface area contributed by atoms with Gasteiger partial charge >= 0.3 is 17.9 Å². The normalized spacial score (nSPS) is 12.4. The van der Waals surface area contributed by atoms with E-state index in [4.69, 9.17) is 14.2 Å². The fourth-order valence-electron chi connectivity index (χ4n) is 10.8. The average Bonchev–Trinajstić information content (AvgIpc) is 3.40. The van der Waals surface area contributed by atoms with Crippen molar-refractivity contribution in [1.29, 1.82) is 0 Å². The molecule has 0 spiro atoms. The molecule has 6 nitrogen and oxygen atoms in total. The number of unbranched alkanes of at least 4 members (excludes halogenated alkanes) is 47. The predicted molar refractivity (Wildman–Crippen MR) is 326 cm³/mol. The van der Waals surface area contributed by atoms with Crippen LogP contribution in [0.15, 0.2) is 0 Å². The first-order valence-electron chi connectivity index (χ1n) is 34.3. The number of rotatable bonds is 63. The van der Waals surface area contributed by atoms with Crippen LogP contribution in [0.25, 0.3) is 0 Å². The Bertz CT molecular complexity index is 1150. The van der Waals surface area contributed by atoms with Gasteiger partial charge < -0.3 is 14.2 Å². The number of carbonyl (C=O) groups is 3. The molecule has 0 bridgehead atoms. The van der Waals surface area contributed by atoms with Gasteiger partial charge in [-0.1, -0.05) is 356 Å². The molecule has 0 radical (unpaired) electrons. The van der Waals surface area contributed by atoms with Crippen LogP contribution in [0.4, 0.5) is 0 Å². The van der Waals surface area contributed by atoms with Crippen LogP contribution in [0.1, 0.15) is 394 Å². The topological polar surface area (TPSA) is 78.9 Å². The molecule has 2 atom stereocenters. The fourth-order valence-corrected chi connectivity index (χ4v) is 10.8. The molecule has 0 aliphatic carbocycles. The summed E-state index contributed by atoms with van der Waals surface area (Å²) in [4.78, 5) is 38.4. The monoisotopic (exact) mass is 1060 g/mol. The van der Waals surface area contributed by atoms with Crippen LogP contribution in [0.2, 0.25) is 0 Å². The van der Waals surface area contributed by atoms with Gasteiger partial charge in [-0.05, 0) is 31.1 Å². The van der Waals surface area contributed by atoms with Gasteiger partial charge in [0.05, 0.1) is 0 Å². The Morgan fingerprint density at radius 3 is 0.760 bits per heavy atom. The van der Waals surface area contributed by atoms with Gasteiger partial charge in [0, 0.05) is 19.3 Å². The second-order valence-electron chi connectivity index (χ2n) is 24.5. The molecule has 0 saturated carbocycles. The second kappa shape index (κ2) is 61.6. The SMILES string of the molecule is CCCCCCCCCCCCCCCCCCCCC(=O)OC[C@H](COC(=O)CCCCCCCCCCCCCCCCC(C)C)OC(=O)CCCCCCCCCCCCCCCCCCCCC(C)CC. The minimum atomic E-state index is -0.764. The minimum absolute atomic E-state index is 0.0613. The predicted octanol–water partition coefficient (Wildman–Crippen LogP) is 23.2. The number of esters is 3. The van der Waals surface area contributed by atoms with Gasteiger partial charge in [-0.2, -0.15) is 0 Å². The molecule has 446 valence electrons. The Balaban J connectivity index is 4.28. The zero-order chi connectivity index (χ0) is 54.6. The van der Waals surface area contributed by atoms with Crippen molar-refractivity contribution in [2.24, 2.45) is 11.8 Å². The van der Waals surface area contributed by atoms with E-state index in [1.54, 1.807) is 0 Å². The van der Waals surface area contributed by atoms with Gasteiger partial charge in [0.25, 0.3) is 0 Å². The molecular formula is C69H134O6.